The van der Waals surface area contributed by atoms with E-state index in [0.29, 0.717) is 10.8 Å². The van der Waals surface area contributed by atoms with E-state index in [1.807, 2.05) is 12.1 Å². The van der Waals surface area contributed by atoms with Crippen LogP contribution in [0.5, 0.6) is 0 Å². The average molecular weight is 267 g/mol. The summed E-state index contributed by atoms with van der Waals surface area (Å²) in [5, 5.41) is 4.93. The third kappa shape index (κ3) is 3.41. The van der Waals surface area contributed by atoms with E-state index in [4.69, 9.17) is 23.2 Å². The number of halogens is 2. The molecule has 1 N–H and O–H groups in total. The van der Waals surface area contributed by atoms with Crippen molar-refractivity contribution in [3.05, 3.63) is 52.4 Å². The Morgan fingerprint density at radius 1 is 1.18 bits per heavy atom. The van der Waals surface area contributed by atoms with Crippen molar-refractivity contribution in [3.8, 4) is 0 Å². The van der Waals surface area contributed by atoms with Crippen LogP contribution in [0.3, 0.4) is 0 Å². The van der Waals surface area contributed by atoms with E-state index < -0.39 is 0 Å². The second kappa shape index (κ2) is 5.61. The molecule has 2 rings (SSSR count). The van der Waals surface area contributed by atoms with Gasteiger partial charge in [0.15, 0.2) is 11.0 Å². The second-order valence-corrected chi connectivity index (χ2v) is 3.92. The van der Waals surface area contributed by atoms with Gasteiger partial charge in [-0.3, -0.25) is 5.43 Å². The Kier molecular flexibility index (Phi) is 3.90. The van der Waals surface area contributed by atoms with Crippen molar-refractivity contribution in [2.75, 3.05) is 5.43 Å². The van der Waals surface area contributed by atoms with Gasteiger partial charge < -0.3 is 0 Å². The fraction of sp³-hybridized carbons (Fsp3) is 0. The summed E-state index contributed by atoms with van der Waals surface area (Å²) >= 11 is 11.6. The number of hydrogen-bond donors (Lipinski definition) is 1. The molecule has 0 aliphatic heterocycles. The van der Waals surface area contributed by atoms with Crippen LogP contribution in [0, 0.1) is 0 Å². The molecule has 0 atom stereocenters. The Bertz CT molecular complexity index is 542. The van der Waals surface area contributed by atoms with E-state index in [2.05, 4.69) is 20.5 Å². The highest BCUT2D eigenvalue weighted by Crippen LogP contribution is 2.14. The number of nitrogens with zero attached hydrogens (tertiary/aromatic N) is 3. The molecule has 0 fully saturated rings. The van der Waals surface area contributed by atoms with E-state index in [0.717, 1.165) is 5.56 Å². The lowest BCUT2D eigenvalue weighted by Crippen LogP contribution is -1.95. The summed E-state index contributed by atoms with van der Waals surface area (Å²) in [6.07, 6.45) is 4.66. The Balaban J connectivity index is 2.06. The van der Waals surface area contributed by atoms with Gasteiger partial charge >= 0.3 is 0 Å². The first-order valence-corrected chi connectivity index (χ1v) is 5.52. The van der Waals surface area contributed by atoms with Gasteiger partial charge in [-0.2, -0.15) is 5.10 Å². The van der Waals surface area contributed by atoms with E-state index in [9.17, 15) is 0 Å². The summed E-state index contributed by atoms with van der Waals surface area (Å²) in [6, 6.07) is 7.32. The molecular formula is C11H8Cl2N4. The molecule has 0 aliphatic carbocycles. The van der Waals surface area contributed by atoms with Crippen LogP contribution in [0.25, 0.3) is 0 Å². The van der Waals surface area contributed by atoms with Crippen molar-refractivity contribution >= 4 is 35.2 Å². The standard InChI is InChI=1S/C11H8Cl2N4/c12-9-3-1-2-8(6-9)7-16-17-11-10(13)14-4-5-15-11/h1-7H,(H,15,17)/b16-7-. The lowest BCUT2D eigenvalue weighted by Gasteiger charge is -1.99. The fourth-order valence-electron chi connectivity index (χ4n) is 1.15. The summed E-state index contributed by atoms with van der Waals surface area (Å²) in [6.45, 7) is 0. The Morgan fingerprint density at radius 2 is 2.00 bits per heavy atom. The molecular weight excluding hydrogens is 259 g/mol. The zero-order chi connectivity index (χ0) is 12.1. The molecule has 6 heteroatoms. The van der Waals surface area contributed by atoms with E-state index in [-0.39, 0.29) is 5.15 Å². The summed E-state index contributed by atoms with van der Waals surface area (Å²) in [7, 11) is 0. The van der Waals surface area contributed by atoms with Crippen molar-refractivity contribution in [1.29, 1.82) is 0 Å². The average Bonchev–Trinajstić information content (AvgIpc) is 2.32. The van der Waals surface area contributed by atoms with Crippen LogP contribution in [0.2, 0.25) is 10.2 Å². The first-order chi connectivity index (χ1) is 8.25. The van der Waals surface area contributed by atoms with Crippen LogP contribution in [0.1, 0.15) is 5.56 Å². The molecule has 1 heterocycles. The zero-order valence-electron chi connectivity index (χ0n) is 8.64. The molecule has 0 unspecified atom stereocenters. The molecule has 1 aromatic carbocycles. The van der Waals surface area contributed by atoms with Crippen molar-refractivity contribution in [2.45, 2.75) is 0 Å². The minimum atomic E-state index is 0.274. The van der Waals surface area contributed by atoms with Gasteiger partial charge in [-0.1, -0.05) is 35.3 Å². The Hall–Kier alpha value is -1.65. The number of nitrogens with one attached hydrogen (secondary N) is 1. The first kappa shape index (κ1) is 11.8. The molecule has 4 nitrogen and oxygen atoms in total. The molecule has 0 aliphatic rings. The van der Waals surface area contributed by atoms with Gasteiger partial charge in [0.25, 0.3) is 0 Å². The van der Waals surface area contributed by atoms with Gasteiger partial charge in [0.05, 0.1) is 6.21 Å². The van der Waals surface area contributed by atoms with E-state index in [1.54, 1.807) is 18.3 Å². The third-order valence-electron chi connectivity index (χ3n) is 1.89. The molecule has 0 saturated carbocycles. The van der Waals surface area contributed by atoms with Crippen molar-refractivity contribution in [2.24, 2.45) is 5.10 Å². The SMILES string of the molecule is Clc1cccc(/C=N\Nc2nccnc2Cl)c1. The summed E-state index contributed by atoms with van der Waals surface area (Å²) < 4.78 is 0. The molecule has 0 radical (unpaired) electrons. The number of aromatic nitrogens is 2. The number of benzene rings is 1. The van der Waals surface area contributed by atoms with Gasteiger partial charge in [-0.15, -0.1) is 0 Å². The number of hydrogen-bond acceptors (Lipinski definition) is 4. The predicted octanol–water partition coefficient (Wildman–Crippen LogP) is 3.23. The summed E-state index contributed by atoms with van der Waals surface area (Å²) in [5.41, 5.74) is 3.58. The molecule has 0 spiro atoms. The minimum absolute atomic E-state index is 0.274. The lowest BCUT2D eigenvalue weighted by molar-refractivity contribution is 1.16. The maximum atomic E-state index is 5.84. The molecule has 0 amide bonds. The Labute approximate surface area is 108 Å². The van der Waals surface area contributed by atoms with Crippen LogP contribution in [-0.4, -0.2) is 16.2 Å². The van der Waals surface area contributed by atoms with E-state index >= 15 is 0 Å². The third-order valence-corrected chi connectivity index (χ3v) is 2.40. The molecule has 86 valence electrons. The van der Waals surface area contributed by atoms with Crippen LogP contribution < -0.4 is 5.43 Å². The summed E-state index contributed by atoms with van der Waals surface area (Å²) in [4.78, 5) is 7.85. The van der Waals surface area contributed by atoms with Crippen molar-refractivity contribution < 1.29 is 0 Å². The topological polar surface area (TPSA) is 50.2 Å². The number of hydrazone groups is 1. The van der Waals surface area contributed by atoms with Crippen molar-refractivity contribution in [3.63, 3.8) is 0 Å². The van der Waals surface area contributed by atoms with Crippen LogP contribution in [-0.2, 0) is 0 Å². The predicted molar refractivity (Wildman–Crippen MR) is 69.7 cm³/mol. The maximum Gasteiger partial charge on any atom is 0.184 e. The number of anilines is 1. The second-order valence-electron chi connectivity index (χ2n) is 3.12. The quantitative estimate of drug-likeness (QED) is 0.686. The minimum Gasteiger partial charge on any atom is -0.259 e. The zero-order valence-corrected chi connectivity index (χ0v) is 10.2. The monoisotopic (exact) mass is 266 g/mol. The first-order valence-electron chi connectivity index (χ1n) is 4.77. The molecule has 17 heavy (non-hydrogen) atoms. The Morgan fingerprint density at radius 3 is 2.76 bits per heavy atom. The smallest absolute Gasteiger partial charge is 0.184 e. The van der Waals surface area contributed by atoms with Gasteiger partial charge in [0.2, 0.25) is 0 Å². The van der Waals surface area contributed by atoms with E-state index in [1.165, 1.54) is 12.4 Å². The van der Waals surface area contributed by atoms with Crippen LogP contribution >= 0.6 is 23.2 Å². The highest BCUT2D eigenvalue weighted by atomic mass is 35.5. The highest BCUT2D eigenvalue weighted by molar-refractivity contribution is 6.31. The van der Waals surface area contributed by atoms with Gasteiger partial charge in [-0.05, 0) is 17.7 Å². The maximum absolute atomic E-state index is 5.84. The summed E-state index contributed by atoms with van der Waals surface area (Å²) in [5.74, 6) is 0.410. The fourth-order valence-corrected chi connectivity index (χ4v) is 1.50. The van der Waals surface area contributed by atoms with Gasteiger partial charge in [0.1, 0.15) is 0 Å². The van der Waals surface area contributed by atoms with Gasteiger partial charge in [0, 0.05) is 17.4 Å². The largest absolute Gasteiger partial charge is 0.259 e. The molecule has 2 aromatic rings. The van der Waals surface area contributed by atoms with Crippen molar-refractivity contribution in [1.82, 2.24) is 9.97 Å². The molecule has 1 aromatic heterocycles. The van der Waals surface area contributed by atoms with Gasteiger partial charge in [-0.25, -0.2) is 9.97 Å². The molecule has 0 bridgehead atoms. The number of rotatable bonds is 3. The normalized spacial score (nSPS) is 10.7. The highest BCUT2D eigenvalue weighted by Gasteiger charge is 1.98. The van der Waals surface area contributed by atoms with Crippen LogP contribution in [0.15, 0.2) is 41.8 Å². The van der Waals surface area contributed by atoms with Crippen LogP contribution in [0.4, 0.5) is 5.82 Å². The molecule has 0 saturated heterocycles. The lowest BCUT2D eigenvalue weighted by atomic mass is 10.2.